The second kappa shape index (κ2) is 6.86. The van der Waals surface area contributed by atoms with Crippen molar-refractivity contribution >= 4 is 28.7 Å². The highest BCUT2D eigenvalue weighted by Crippen LogP contribution is 2.34. The number of pyridine rings is 1. The maximum Gasteiger partial charge on any atom is 0.270 e. The zero-order chi connectivity index (χ0) is 19.0. The Kier molecular flexibility index (Phi) is 4.39. The highest BCUT2D eigenvalue weighted by molar-refractivity contribution is 5.97. The quantitative estimate of drug-likeness (QED) is 0.737. The number of aromatic nitrogens is 4. The van der Waals surface area contributed by atoms with E-state index in [9.17, 15) is 9.90 Å². The molecule has 0 radical (unpaired) electrons. The lowest BCUT2D eigenvalue weighted by Gasteiger charge is -2.19. The summed E-state index contributed by atoms with van der Waals surface area (Å²) in [6.45, 7) is 0. The van der Waals surface area contributed by atoms with E-state index in [0.717, 1.165) is 36.7 Å². The third-order valence-corrected chi connectivity index (χ3v) is 4.88. The Morgan fingerprint density at radius 1 is 1.22 bits per heavy atom. The van der Waals surface area contributed by atoms with Crippen LogP contribution in [0.15, 0.2) is 30.6 Å². The highest BCUT2D eigenvalue weighted by atomic mass is 16.3. The SMILES string of the molecule is CN(C)C(=O)c1cc2cnc(Nc3ccc(O)cn3)nc2n1C1CCCC1. The third-order valence-electron chi connectivity index (χ3n) is 4.88. The fourth-order valence-electron chi connectivity index (χ4n) is 3.57. The zero-order valence-corrected chi connectivity index (χ0v) is 15.4. The number of hydrogen-bond acceptors (Lipinski definition) is 6. The molecule has 3 aromatic rings. The van der Waals surface area contributed by atoms with Crippen molar-refractivity contribution in [1.82, 2.24) is 24.4 Å². The van der Waals surface area contributed by atoms with Crippen LogP contribution in [0, 0.1) is 0 Å². The van der Waals surface area contributed by atoms with Gasteiger partial charge in [0.15, 0.2) is 0 Å². The van der Waals surface area contributed by atoms with Gasteiger partial charge in [-0.3, -0.25) is 4.79 Å². The summed E-state index contributed by atoms with van der Waals surface area (Å²) in [6, 6.07) is 5.34. The van der Waals surface area contributed by atoms with Gasteiger partial charge in [-0.15, -0.1) is 0 Å². The first-order chi connectivity index (χ1) is 13.0. The minimum absolute atomic E-state index is 0.0328. The summed E-state index contributed by atoms with van der Waals surface area (Å²) in [5, 5.41) is 13.3. The van der Waals surface area contributed by atoms with Crippen LogP contribution >= 0.6 is 0 Å². The molecular weight excluding hydrogens is 344 g/mol. The van der Waals surface area contributed by atoms with Crippen molar-refractivity contribution in [3.63, 3.8) is 0 Å². The van der Waals surface area contributed by atoms with Gasteiger partial charge in [0.2, 0.25) is 5.95 Å². The van der Waals surface area contributed by atoms with E-state index in [4.69, 9.17) is 0 Å². The molecule has 0 aliphatic heterocycles. The summed E-state index contributed by atoms with van der Waals surface area (Å²) < 4.78 is 2.07. The Morgan fingerprint density at radius 3 is 2.67 bits per heavy atom. The number of carbonyl (C=O) groups excluding carboxylic acids is 1. The number of anilines is 2. The lowest BCUT2D eigenvalue weighted by atomic mass is 10.2. The third kappa shape index (κ3) is 3.30. The van der Waals surface area contributed by atoms with E-state index >= 15 is 0 Å². The summed E-state index contributed by atoms with van der Waals surface area (Å²) in [5.74, 6) is 1.01. The van der Waals surface area contributed by atoms with E-state index in [2.05, 4.69) is 24.8 Å². The molecule has 3 heterocycles. The van der Waals surface area contributed by atoms with E-state index in [1.54, 1.807) is 37.3 Å². The molecule has 27 heavy (non-hydrogen) atoms. The van der Waals surface area contributed by atoms with Gasteiger partial charge in [-0.05, 0) is 31.0 Å². The summed E-state index contributed by atoms with van der Waals surface area (Å²) in [4.78, 5) is 27.4. The number of hydrogen-bond donors (Lipinski definition) is 2. The van der Waals surface area contributed by atoms with Crippen molar-refractivity contribution in [2.24, 2.45) is 0 Å². The molecule has 1 aliphatic carbocycles. The molecule has 0 saturated heterocycles. The first-order valence-electron chi connectivity index (χ1n) is 9.04. The highest BCUT2D eigenvalue weighted by Gasteiger charge is 2.26. The maximum absolute atomic E-state index is 12.7. The minimum Gasteiger partial charge on any atom is -0.506 e. The van der Waals surface area contributed by atoms with Crippen molar-refractivity contribution in [2.75, 3.05) is 19.4 Å². The topological polar surface area (TPSA) is 96.2 Å². The van der Waals surface area contributed by atoms with Gasteiger partial charge >= 0.3 is 0 Å². The maximum atomic E-state index is 12.7. The normalized spacial score (nSPS) is 14.6. The summed E-state index contributed by atoms with van der Waals surface area (Å²) in [6.07, 6.45) is 7.49. The fraction of sp³-hybridized carbons (Fsp3) is 0.368. The van der Waals surface area contributed by atoms with Crippen molar-refractivity contribution < 1.29 is 9.90 Å². The molecule has 1 aliphatic rings. The van der Waals surface area contributed by atoms with Crippen molar-refractivity contribution in [1.29, 1.82) is 0 Å². The first-order valence-corrected chi connectivity index (χ1v) is 9.04. The Balaban J connectivity index is 1.77. The predicted molar refractivity (Wildman–Crippen MR) is 102 cm³/mol. The van der Waals surface area contributed by atoms with Crippen LogP contribution in [0.3, 0.4) is 0 Å². The molecule has 8 heteroatoms. The molecule has 1 fully saturated rings. The summed E-state index contributed by atoms with van der Waals surface area (Å²) in [7, 11) is 3.52. The van der Waals surface area contributed by atoms with Gasteiger partial charge in [-0.2, -0.15) is 4.98 Å². The van der Waals surface area contributed by atoms with Crippen LogP contribution in [0.5, 0.6) is 5.75 Å². The van der Waals surface area contributed by atoms with Crippen LogP contribution < -0.4 is 5.32 Å². The number of rotatable bonds is 4. The molecule has 8 nitrogen and oxygen atoms in total. The van der Waals surface area contributed by atoms with E-state index in [0.29, 0.717) is 17.5 Å². The summed E-state index contributed by atoms with van der Waals surface area (Å²) in [5.41, 5.74) is 1.40. The number of amides is 1. The van der Waals surface area contributed by atoms with Gasteiger partial charge in [-0.25, -0.2) is 9.97 Å². The Labute approximate surface area is 156 Å². The largest absolute Gasteiger partial charge is 0.506 e. The second-order valence-corrected chi connectivity index (χ2v) is 7.04. The molecule has 0 atom stereocenters. The van der Waals surface area contributed by atoms with Crippen molar-refractivity contribution in [3.8, 4) is 5.75 Å². The number of aromatic hydroxyl groups is 1. The first kappa shape index (κ1) is 17.3. The Hall–Kier alpha value is -3.16. The van der Waals surface area contributed by atoms with Crippen LogP contribution in [0.4, 0.5) is 11.8 Å². The molecule has 0 bridgehead atoms. The lowest BCUT2D eigenvalue weighted by Crippen LogP contribution is -2.25. The van der Waals surface area contributed by atoms with Gasteiger partial charge in [-0.1, -0.05) is 12.8 Å². The monoisotopic (exact) mass is 366 g/mol. The lowest BCUT2D eigenvalue weighted by molar-refractivity contribution is 0.0815. The van der Waals surface area contributed by atoms with E-state index in [1.165, 1.54) is 6.20 Å². The minimum atomic E-state index is -0.0328. The van der Waals surface area contributed by atoms with Crippen LogP contribution in [0.1, 0.15) is 42.2 Å². The van der Waals surface area contributed by atoms with Crippen molar-refractivity contribution in [2.45, 2.75) is 31.7 Å². The molecule has 140 valence electrons. The van der Waals surface area contributed by atoms with E-state index < -0.39 is 0 Å². The number of fused-ring (bicyclic) bond motifs is 1. The summed E-state index contributed by atoms with van der Waals surface area (Å²) >= 11 is 0. The van der Waals surface area contributed by atoms with Gasteiger partial charge < -0.3 is 19.9 Å². The molecule has 3 aromatic heterocycles. The number of nitrogens with zero attached hydrogens (tertiary/aromatic N) is 5. The molecule has 0 unspecified atom stereocenters. The molecule has 0 spiro atoms. The smallest absolute Gasteiger partial charge is 0.270 e. The molecule has 2 N–H and O–H groups in total. The second-order valence-electron chi connectivity index (χ2n) is 7.04. The standard InChI is InChI=1S/C19H22N6O2/c1-24(2)18(27)15-9-12-10-21-19(22-16-8-7-14(26)11-20-16)23-17(12)25(15)13-5-3-4-6-13/h7-11,13,26H,3-6H2,1-2H3,(H,20,21,22,23). The van der Waals surface area contributed by atoms with Crippen LogP contribution in [-0.2, 0) is 0 Å². The van der Waals surface area contributed by atoms with Gasteiger partial charge in [0, 0.05) is 31.7 Å². The predicted octanol–water partition coefficient (Wildman–Crippen LogP) is 3.09. The molecule has 0 aromatic carbocycles. The van der Waals surface area contributed by atoms with Gasteiger partial charge in [0.1, 0.15) is 22.9 Å². The van der Waals surface area contributed by atoms with Crippen molar-refractivity contribution in [3.05, 3.63) is 36.3 Å². The van der Waals surface area contributed by atoms with Crippen LogP contribution in [0.25, 0.3) is 11.0 Å². The molecular formula is C19H22N6O2. The van der Waals surface area contributed by atoms with Crippen LogP contribution in [0.2, 0.25) is 0 Å². The molecule has 1 saturated carbocycles. The molecule has 4 rings (SSSR count). The number of carbonyl (C=O) groups is 1. The average Bonchev–Trinajstić information content (AvgIpc) is 3.29. The fourth-order valence-corrected chi connectivity index (χ4v) is 3.57. The Bertz CT molecular complexity index is 974. The zero-order valence-electron chi connectivity index (χ0n) is 15.4. The van der Waals surface area contributed by atoms with Gasteiger partial charge in [0.05, 0.1) is 6.20 Å². The van der Waals surface area contributed by atoms with E-state index in [-0.39, 0.29) is 17.7 Å². The number of nitrogens with one attached hydrogen (secondary N) is 1. The van der Waals surface area contributed by atoms with Gasteiger partial charge in [0.25, 0.3) is 5.91 Å². The average molecular weight is 366 g/mol. The molecule has 1 amide bonds. The van der Waals surface area contributed by atoms with E-state index in [1.807, 2.05) is 6.07 Å². The Morgan fingerprint density at radius 2 is 2.00 bits per heavy atom. The van der Waals surface area contributed by atoms with Crippen LogP contribution in [-0.4, -0.2) is 49.5 Å².